The zero-order chi connectivity index (χ0) is 13.5. The smallest absolute Gasteiger partial charge is 0.432 e. The Hall–Kier alpha value is -1.40. The highest BCUT2D eigenvalue weighted by molar-refractivity contribution is 5.94. The largest absolute Gasteiger partial charge is 0.542 e. The molecule has 0 aliphatic carbocycles. The van der Waals surface area contributed by atoms with E-state index in [1.54, 1.807) is 27.7 Å². The summed E-state index contributed by atoms with van der Waals surface area (Å²) < 4.78 is 4.55. The normalized spacial score (nSPS) is 10.8. The van der Waals surface area contributed by atoms with Crippen molar-refractivity contribution in [2.24, 2.45) is 0 Å². The van der Waals surface area contributed by atoms with Crippen LogP contribution in [0.4, 0.5) is 4.79 Å². The van der Waals surface area contributed by atoms with Crippen molar-refractivity contribution in [3.8, 4) is 0 Å². The first-order valence-electron chi connectivity index (χ1n) is 5.10. The molecule has 6 heteroatoms. The molecule has 0 aromatic carbocycles. The fourth-order valence-electron chi connectivity index (χ4n) is 0.611. The number of carbonyl (C=O) groups excluding carboxylic acids is 2. The molecule has 0 aliphatic rings. The van der Waals surface area contributed by atoms with Gasteiger partial charge in [-0.15, -0.1) is 0 Å². The number of ether oxygens (including phenoxy) is 1. The fraction of sp³-hybridized carbons (Fsp3) is 0.636. The predicted molar refractivity (Wildman–Crippen MR) is 58.8 cm³/mol. The van der Waals surface area contributed by atoms with E-state index in [1.807, 2.05) is 0 Å². The summed E-state index contributed by atoms with van der Waals surface area (Å²) in [7, 11) is 0. The maximum Gasteiger partial charge on any atom is 0.542 e. The summed E-state index contributed by atoms with van der Waals surface area (Å²) in [4.78, 5) is 30.8. The highest BCUT2D eigenvalue weighted by Crippen LogP contribution is 2.07. The quantitative estimate of drug-likeness (QED) is 0.310. The number of allylic oxidation sites excluding steroid dienone is 1. The van der Waals surface area contributed by atoms with Gasteiger partial charge in [-0.05, 0) is 38.3 Å². The first kappa shape index (κ1) is 15.6. The van der Waals surface area contributed by atoms with E-state index in [-0.39, 0.29) is 18.8 Å². The zero-order valence-corrected chi connectivity index (χ0v) is 10.6. The van der Waals surface area contributed by atoms with Gasteiger partial charge in [0, 0.05) is 6.42 Å². The molecule has 0 rings (SSSR count). The lowest BCUT2D eigenvalue weighted by Gasteiger charge is -2.15. The summed E-state index contributed by atoms with van der Waals surface area (Å²) >= 11 is 0. The van der Waals surface area contributed by atoms with Gasteiger partial charge in [0.25, 0.3) is 0 Å². The third-order valence-corrected chi connectivity index (χ3v) is 1.41. The summed E-state index contributed by atoms with van der Waals surface area (Å²) in [5.74, 6) is -0.176. The first-order valence-corrected chi connectivity index (χ1v) is 5.10. The average Bonchev–Trinajstić information content (AvgIpc) is 2.15. The van der Waals surface area contributed by atoms with Gasteiger partial charge >= 0.3 is 6.16 Å². The average molecular weight is 246 g/mol. The summed E-state index contributed by atoms with van der Waals surface area (Å²) in [6.07, 6.45) is -1.01. The Morgan fingerprint density at radius 1 is 1.24 bits per heavy atom. The van der Waals surface area contributed by atoms with Gasteiger partial charge in [0.2, 0.25) is 0 Å². The lowest BCUT2D eigenvalue weighted by atomic mass is 10.2. The molecule has 0 bridgehead atoms. The number of rotatable bonds is 6. The number of ketones is 1. The van der Waals surface area contributed by atoms with Crippen molar-refractivity contribution in [2.45, 2.75) is 39.7 Å². The third kappa shape index (κ3) is 9.52. The van der Waals surface area contributed by atoms with Gasteiger partial charge in [-0.2, -0.15) is 4.89 Å². The Bertz CT molecular complexity index is 289. The van der Waals surface area contributed by atoms with Crippen LogP contribution < -0.4 is 0 Å². The minimum Gasteiger partial charge on any atom is -0.432 e. The lowest BCUT2D eigenvalue weighted by molar-refractivity contribution is -0.514. The molecule has 0 unspecified atom stereocenters. The van der Waals surface area contributed by atoms with Crippen molar-refractivity contribution in [1.29, 1.82) is 0 Å². The lowest BCUT2D eigenvalue weighted by Crippen LogP contribution is -2.21. The van der Waals surface area contributed by atoms with E-state index < -0.39 is 11.8 Å². The van der Waals surface area contributed by atoms with Crippen LogP contribution in [-0.4, -0.2) is 24.1 Å². The second kappa shape index (κ2) is 7.03. The maximum atomic E-state index is 11.1. The first-order chi connectivity index (χ1) is 7.72. The molecule has 6 nitrogen and oxygen atoms in total. The van der Waals surface area contributed by atoms with Crippen LogP contribution in [0.25, 0.3) is 0 Å². The third-order valence-electron chi connectivity index (χ3n) is 1.41. The monoisotopic (exact) mass is 246 g/mol. The van der Waals surface area contributed by atoms with Crippen molar-refractivity contribution in [2.75, 3.05) is 6.61 Å². The highest BCUT2D eigenvalue weighted by atomic mass is 17.5. The molecule has 0 spiro atoms. The van der Waals surface area contributed by atoms with Crippen LogP contribution in [0.1, 0.15) is 34.1 Å². The molecule has 0 aliphatic heterocycles. The van der Waals surface area contributed by atoms with Crippen LogP contribution in [0.5, 0.6) is 0 Å². The molecule has 0 saturated carbocycles. The Morgan fingerprint density at radius 2 is 1.82 bits per heavy atom. The van der Waals surface area contributed by atoms with Crippen molar-refractivity contribution in [3.63, 3.8) is 0 Å². The molecule has 0 fully saturated rings. The SMILES string of the molecule is C=C(C)C(=O)CCOC(=O)OOOC(C)(C)C. The molecule has 0 heterocycles. The summed E-state index contributed by atoms with van der Waals surface area (Å²) in [5.41, 5.74) is -0.190. The van der Waals surface area contributed by atoms with Crippen LogP contribution in [0.15, 0.2) is 12.2 Å². The van der Waals surface area contributed by atoms with Gasteiger partial charge in [0.15, 0.2) is 5.78 Å². The van der Waals surface area contributed by atoms with E-state index in [0.717, 1.165) is 0 Å². The van der Waals surface area contributed by atoms with Crippen molar-refractivity contribution >= 4 is 11.9 Å². The molecule has 0 saturated heterocycles. The van der Waals surface area contributed by atoms with Crippen molar-refractivity contribution < 1.29 is 29.1 Å². The van der Waals surface area contributed by atoms with Crippen LogP contribution >= 0.6 is 0 Å². The Kier molecular flexibility index (Phi) is 6.45. The van der Waals surface area contributed by atoms with Gasteiger partial charge in [-0.1, -0.05) is 6.58 Å². The molecule has 0 amide bonds. The number of hydrogen-bond acceptors (Lipinski definition) is 6. The van der Waals surface area contributed by atoms with Crippen molar-refractivity contribution in [1.82, 2.24) is 0 Å². The minimum absolute atomic E-state index is 0.0601. The fourth-order valence-corrected chi connectivity index (χ4v) is 0.611. The summed E-state index contributed by atoms with van der Waals surface area (Å²) in [6.45, 7) is 10.1. The molecule has 0 N–H and O–H groups in total. The second-order valence-electron chi connectivity index (χ2n) is 4.40. The van der Waals surface area contributed by atoms with E-state index in [4.69, 9.17) is 0 Å². The topological polar surface area (TPSA) is 71.1 Å². The molecule has 98 valence electrons. The summed E-state index contributed by atoms with van der Waals surface area (Å²) in [6, 6.07) is 0. The highest BCUT2D eigenvalue weighted by Gasteiger charge is 2.15. The van der Waals surface area contributed by atoms with Crippen LogP contribution in [0.3, 0.4) is 0 Å². The molecular formula is C11H18O6. The van der Waals surface area contributed by atoms with Crippen LogP contribution in [0.2, 0.25) is 0 Å². The van der Waals surface area contributed by atoms with Gasteiger partial charge < -0.3 is 4.74 Å². The van der Waals surface area contributed by atoms with E-state index in [1.165, 1.54) is 0 Å². The molecule has 0 aromatic rings. The Labute approximate surface area is 100 Å². The van der Waals surface area contributed by atoms with Gasteiger partial charge in [-0.3, -0.25) is 4.79 Å². The standard InChI is InChI=1S/C11H18O6/c1-8(2)9(12)6-7-14-10(13)15-17-16-11(3,4)5/h1,6-7H2,2-5H3. The maximum absolute atomic E-state index is 11.1. The van der Waals surface area contributed by atoms with Crippen molar-refractivity contribution in [3.05, 3.63) is 12.2 Å². The molecule has 0 atom stereocenters. The second-order valence-corrected chi connectivity index (χ2v) is 4.40. The minimum atomic E-state index is -1.07. The molecule has 0 radical (unpaired) electrons. The number of Topliss-reactive ketones (excluding diaryl/α,β-unsaturated/α-hetero) is 1. The number of hydrogen-bond donors (Lipinski definition) is 0. The Balaban J connectivity index is 3.61. The number of carbonyl (C=O) groups is 2. The molecular weight excluding hydrogens is 228 g/mol. The van der Waals surface area contributed by atoms with E-state index in [2.05, 4.69) is 26.1 Å². The van der Waals surface area contributed by atoms with Crippen LogP contribution in [-0.2, 0) is 24.3 Å². The summed E-state index contributed by atoms with van der Waals surface area (Å²) in [5, 5.41) is 4.19. The van der Waals surface area contributed by atoms with E-state index in [9.17, 15) is 9.59 Å². The van der Waals surface area contributed by atoms with Gasteiger partial charge in [0.05, 0.1) is 5.60 Å². The predicted octanol–water partition coefficient (Wildman–Crippen LogP) is 2.34. The molecule has 17 heavy (non-hydrogen) atoms. The van der Waals surface area contributed by atoms with Gasteiger partial charge in [-0.25, -0.2) is 9.68 Å². The van der Waals surface area contributed by atoms with Crippen LogP contribution in [0, 0.1) is 0 Å². The Morgan fingerprint density at radius 3 is 2.29 bits per heavy atom. The van der Waals surface area contributed by atoms with Gasteiger partial charge in [0.1, 0.15) is 6.61 Å². The van der Waals surface area contributed by atoms with E-state index in [0.29, 0.717) is 5.57 Å². The van der Waals surface area contributed by atoms with E-state index >= 15 is 0 Å². The zero-order valence-electron chi connectivity index (χ0n) is 10.6. The molecule has 0 aromatic heterocycles.